The molecule has 78 valence electrons. The molecule has 0 aliphatic heterocycles. The first-order valence-electron chi connectivity index (χ1n) is 4.86. The number of aliphatic hydroxyl groups excluding tert-OH is 1. The lowest BCUT2D eigenvalue weighted by atomic mass is 10.1. The fourth-order valence-corrected chi connectivity index (χ4v) is 2.01. The number of rotatable bonds is 2. The van der Waals surface area contributed by atoms with E-state index in [1.807, 2.05) is 6.07 Å². The molecule has 1 heterocycles. The third kappa shape index (κ3) is 1.66. The van der Waals surface area contributed by atoms with Crippen LogP contribution in [0.25, 0.3) is 0 Å². The predicted molar refractivity (Wildman–Crippen MR) is 53.5 cm³/mol. The maximum atomic E-state index is 9.09. The fourth-order valence-electron chi connectivity index (χ4n) is 2.01. The Morgan fingerprint density at radius 1 is 1.67 bits per heavy atom. The van der Waals surface area contributed by atoms with Crippen LogP contribution < -0.4 is 4.74 Å². The van der Waals surface area contributed by atoms with E-state index in [4.69, 9.17) is 15.1 Å². The van der Waals surface area contributed by atoms with Gasteiger partial charge in [-0.2, -0.15) is 5.26 Å². The number of nitrogens with zero attached hydrogens (tertiary/aromatic N) is 2. The second kappa shape index (κ2) is 3.87. The molecule has 0 bridgehead atoms. The molecule has 0 spiro atoms. The van der Waals surface area contributed by atoms with Crippen LogP contribution in [0, 0.1) is 17.2 Å². The lowest BCUT2D eigenvalue weighted by Gasteiger charge is -2.04. The van der Waals surface area contributed by atoms with Crippen molar-refractivity contribution in [3.8, 4) is 11.9 Å². The molecular formula is C11H12N2O2. The Morgan fingerprint density at radius 2 is 2.47 bits per heavy atom. The monoisotopic (exact) mass is 204 g/mol. The van der Waals surface area contributed by atoms with Crippen molar-refractivity contribution >= 4 is 0 Å². The molecule has 1 N–H and O–H groups in total. The predicted octanol–water partition coefficient (Wildman–Crippen LogP) is 0.669. The molecule has 0 fully saturated rings. The van der Waals surface area contributed by atoms with Crippen molar-refractivity contribution < 1.29 is 9.84 Å². The van der Waals surface area contributed by atoms with Crippen LogP contribution in [0.5, 0.6) is 5.88 Å². The lowest BCUT2D eigenvalue weighted by molar-refractivity contribution is 0.232. The van der Waals surface area contributed by atoms with Gasteiger partial charge in [0.2, 0.25) is 5.88 Å². The second-order valence-corrected chi connectivity index (χ2v) is 3.72. The number of fused-ring (bicyclic) bond motifs is 1. The summed E-state index contributed by atoms with van der Waals surface area (Å²) in [6, 6.07) is 3.93. The zero-order chi connectivity index (χ0) is 10.8. The van der Waals surface area contributed by atoms with Gasteiger partial charge in [-0.1, -0.05) is 0 Å². The molecule has 15 heavy (non-hydrogen) atoms. The molecule has 1 aromatic rings. The van der Waals surface area contributed by atoms with Gasteiger partial charge in [0, 0.05) is 12.7 Å². The van der Waals surface area contributed by atoms with E-state index in [1.54, 1.807) is 0 Å². The Kier molecular flexibility index (Phi) is 2.57. The summed E-state index contributed by atoms with van der Waals surface area (Å²) < 4.78 is 5.03. The van der Waals surface area contributed by atoms with Gasteiger partial charge >= 0.3 is 0 Å². The molecule has 4 heteroatoms. The minimum absolute atomic E-state index is 0.155. The smallest absolute Gasteiger partial charge is 0.214 e. The van der Waals surface area contributed by atoms with Crippen LogP contribution in [0.4, 0.5) is 0 Å². The van der Waals surface area contributed by atoms with Gasteiger partial charge in [0.25, 0.3) is 0 Å². The van der Waals surface area contributed by atoms with Crippen LogP contribution in [0.1, 0.15) is 16.8 Å². The average molecular weight is 204 g/mol. The fraction of sp³-hybridized carbons (Fsp3) is 0.455. The van der Waals surface area contributed by atoms with Crippen molar-refractivity contribution in [1.29, 1.82) is 5.26 Å². The molecule has 0 amide bonds. The van der Waals surface area contributed by atoms with Gasteiger partial charge < -0.3 is 9.84 Å². The summed E-state index contributed by atoms with van der Waals surface area (Å²) in [5, 5.41) is 18.0. The molecular weight excluding hydrogens is 192 g/mol. The maximum Gasteiger partial charge on any atom is 0.214 e. The average Bonchev–Trinajstić information content (AvgIpc) is 2.70. The Hall–Kier alpha value is -1.60. The van der Waals surface area contributed by atoms with Crippen molar-refractivity contribution in [2.24, 2.45) is 5.92 Å². The SMILES string of the molecule is COc1cc2c(c(C#N)n1)CC(CO)C2. The number of pyridine rings is 1. The molecule has 1 atom stereocenters. The normalized spacial score (nSPS) is 18.3. The summed E-state index contributed by atoms with van der Waals surface area (Å²) in [5.41, 5.74) is 2.48. The largest absolute Gasteiger partial charge is 0.481 e. The third-order valence-corrected chi connectivity index (χ3v) is 2.77. The van der Waals surface area contributed by atoms with Gasteiger partial charge in [-0.25, -0.2) is 4.98 Å². The summed E-state index contributed by atoms with van der Waals surface area (Å²) >= 11 is 0. The van der Waals surface area contributed by atoms with Gasteiger partial charge in [-0.3, -0.25) is 0 Å². The Balaban J connectivity index is 2.44. The number of hydrogen-bond acceptors (Lipinski definition) is 4. The second-order valence-electron chi connectivity index (χ2n) is 3.72. The highest BCUT2D eigenvalue weighted by Gasteiger charge is 2.25. The van der Waals surface area contributed by atoms with E-state index in [1.165, 1.54) is 7.11 Å². The van der Waals surface area contributed by atoms with Gasteiger partial charge in [-0.15, -0.1) is 0 Å². The number of aliphatic hydroxyl groups is 1. The summed E-state index contributed by atoms with van der Waals surface area (Å²) in [7, 11) is 1.54. The summed E-state index contributed by atoms with van der Waals surface area (Å²) in [4.78, 5) is 4.09. The van der Waals surface area contributed by atoms with Gasteiger partial charge in [0.15, 0.2) is 0 Å². The van der Waals surface area contributed by atoms with Crippen molar-refractivity contribution in [2.45, 2.75) is 12.8 Å². The molecule has 1 aliphatic carbocycles. The van der Waals surface area contributed by atoms with E-state index in [0.29, 0.717) is 11.6 Å². The first-order chi connectivity index (χ1) is 7.28. The van der Waals surface area contributed by atoms with E-state index in [-0.39, 0.29) is 12.5 Å². The Labute approximate surface area is 88.1 Å². The lowest BCUT2D eigenvalue weighted by Crippen LogP contribution is -2.04. The topological polar surface area (TPSA) is 66.1 Å². The number of ether oxygens (including phenoxy) is 1. The maximum absolute atomic E-state index is 9.09. The van der Waals surface area contributed by atoms with Crippen LogP contribution in [0.2, 0.25) is 0 Å². The summed E-state index contributed by atoms with van der Waals surface area (Å²) in [6.07, 6.45) is 1.55. The highest BCUT2D eigenvalue weighted by Crippen LogP contribution is 2.30. The summed E-state index contributed by atoms with van der Waals surface area (Å²) in [6.45, 7) is 0.155. The van der Waals surface area contributed by atoms with Gasteiger partial charge in [0.1, 0.15) is 11.8 Å². The quantitative estimate of drug-likeness (QED) is 0.768. The highest BCUT2D eigenvalue weighted by atomic mass is 16.5. The van der Waals surface area contributed by atoms with Crippen molar-refractivity contribution in [3.05, 3.63) is 22.9 Å². The first-order valence-corrected chi connectivity index (χ1v) is 4.86. The van der Waals surface area contributed by atoms with E-state index in [0.717, 1.165) is 24.0 Å². The molecule has 0 aromatic carbocycles. The van der Waals surface area contributed by atoms with E-state index < -0.39 is 0 Å². The number of methoxy groups -OCH3 is 1. The van der Waals surface area contributed by atoms with Crippen molar-refractivity contribution in [3.63, 3.8) is 0 Å². The Bertz CT molecular complexity index is 423. The first kappa shape index (κ1) is 9.94. The van der Waals surface area contributed by atoms with Crippen LogP contribution in [0.3, 0.4) is 0 Å². The zero-order valence-electron chi connectivity index (χ0n) is 8.53. The molecule has 1 aliphatic rings. The van der Waals surface area contributed by atoms with Crippen LogP contribution >= 0.6 is 0 Å². The van der Waals surface area contributed by atoms with Crippen molar-refractivity contribution in [2.75, 3.05) is 13.7 Å². The van der Waals surface area contributed by atoms with Gasteiger partial charge in [-0.05, 0) is 29.9 Å². The van der Waals surface area contributed by atoms with E-state index >= 15 is 0 Å². The van der Waals surface area contributed by atoms with Crippen LogP contribution in [-0.2, 0) is 12.8 Å². The summed E-state index contributed by atoms with van der Waals surface area (Å²) in [5.74, 6) is 0.699. The van der Waals surface area contributed by atoms with Crippen molar-refractivity contribution in [1.82, 2.24) is 4.98 Å². The third-order valence-electron chi connectivity index (χ3n) is 2.77. The van der Waals surface area contributed by atoms with Crippen LogP contribution in [0.15, 0.2) is 6.07 Å². The Morgan fingerprint density at radius 3 is 3.07 bits per heavy atom. The molecule has 0 radical (unpaired) electrons. The molecule has 1 unspecified atom stereocenters. The number of aromatic nitrogens is 1. The molecule has 0 saturated carbocycles. The minimum Gasteiger partial charge on any atom is -0.481 e. The number of nitriles is 1. The molecule has 4 nitrogen and oxygen atoms in total. The van der Waals surface area contributed by atoms with Crippen LogP contribution in [-0.4, -0.2) is 23.8 Å². The number of hydrogen-bond donors (Lipinski definition) is 1. The van der Waals surface area contributed by atoms with E-state index in [2.05, 4.69) is 11.1 Å². The molecule has 2 rings (SSSR count). The zero-order valence-corrected chi connectivity index (χ0v) is 8.53. The minimum atomic E-state index is 0.155. The molecule has 0 saturated heterocycles. The van der Waals surface area contributed by atoms with E-state index in [9.17, 15) is 0 Å². The standard InChI is InChI=1S/C11H12N2O2/c1-15-11-4-8-2-7(6-14)3-9(8)10(5-12)13-11/h4,7,14H,2-3,6H2,1H3. The van der Waals surface area contributed by atoms with Gasteiger partial charge in [0.05, 0.1) is 7.11 Å². The molecule has 1 aromatic heterocycles. The highest BCUT2D eigenvalue weighted by molar-refractivity contribution is 5.44.